The predicted octanol–water partition coefficient (Wildman–Crippen LogP) is 3.97. The first-order chi connectivity index (χ1) is 9.72. The zero-order chi connectivity index (χ0) is 14.0. The summed E-state index contributed by atoms with van der Waals surface area (Å²) in [5.74, 6) is 0. The Labute approximate surface area is 126 Å². The topological polar surface area (TPSA) is 28.2 Å². The summed E-state index contributed by atoms with van der Waals surface area (Å²) in [6.07, 6.45) is 10.1. The number of aromatic nitrogens is 1. The van der Waals surface area contributed by atoms with Crippen molar-refractivity contribution in [3.8, 4) is 0 Å². The molecule has 20 heavy (non-hydrogen) atoms. The highest BCUT2D eigenvalue weighted by Crippen LogP contribution is 2.45. The van der Waals surface area contributed by atoms with E-state index < -0.39 is 0 Å². The lowest BCUT2D eigenvalue weighted by atomic mass is 9.68. The molecule has 112 valence electrons. The van der Waals surface area contributed by atoms with Crippen LogP contribution in [0.4, 0.5) is 5.13 Å². The third-order valence-corrected chi connectivity index (χ3v) is 6.31. The fourth-order valence-electron chi connectivity index (χ4n) is 3.74. The third-order valence-electron chi connectivity index (χ3n) is 5.40. The van der Waals surface area contributed by atoms with Gasteiger partial charge in [0.05, 0.1) is 5.69 Å². The van der Waals surface area contributed by atoms with Crippen LogP contribution in [0.15, 0.2) is 5.38 Å². The molecule has 1 aromatic heterocycles. The van der Waals surface area contributed by atoms with Gasteiger partial charge in [-0.15, -0.1) is 11.3 Å². The first kappa shape index (κ1) is 14.3. The van der Waals surface area contributed by atoms with Gasteiger partial charge in [0, 0.05) is 24.5 Å². The Morgan fingerprint density at radius 1 is 1.20 bits per heavy atom. The lowest BCUT2D eigenvalue weighted by Crippen LogP contribution is -2.41. The second-order valence-electron chi connectivity index (χ2n) is 6.61. The van der Waals surface area contributed by atoms with Gasteiger partial charge in [-0.05, 0) is 45.1 Å². The third kappa shape index (κ3) is 2.86. The molecule has 1 aromatic rings. The Kier molecular flexibility index (Phi) is 4.32. The van der Waals surface area contributed by atoms with Gasteiger partial charge in [-0.2, -0.15) is 0 Å². The van der Waals surface area contributed by atoms with Gasteiger partial charge in [-0.25, -0.2) is 4.98 Å². The van der Waals surface area contributed by atoms with Crippen LogP contribution in [0.1, 0.15) is 63.6 Å². The van der Waals surface area contributed by atoms with E-state index in [2.05, 4.69) is 22.5 Å². The van der Waals surface area contributed by atoms with Crippen molar-refractivity contribution in [2.24, 2.45) is 5.41 Å². The molecule has 1 saturated heterocycles. The van der Waals surface area contributed by atoms with E-state index in [9.17, 15) is 0 Å². The Hall–Kier alpha value is -0.610. The van der Waals surface area contributed by atoms with Crippen LogP contribution in [-0.2, 0) is 0 Å². The monoisotopic (exact) mass is 293 g/mol. The van der Waals surface area contributed by atoms with Crippen molar-refractivity contribution in [3.05, 3.63) is 11.1 Å². The Morgan fingerprint density at radius 2 is 1.90 bits per heavy atom. The molecule has 0 radical (unpaired) electrons. The number of nitrogens with zero attached hydrogens (tertiary/aromatic N) is 2. The molecule has 1 N–H and O–H groups in total. The molecule has 0 bridgehead atoms. The number of hydrogen-bond donors (Lipinski definition) is 1. The smallest absolute Gasteiger partial charge is 0.185 e. The van der Waals surface area contributed by atoms with Crippen LogP contribution < -0.4 is 10.2 Å². The van der Waals surface area contributed by atoms with E-state index >= 15 is 0 Å². The van der Waals surface area contributed by atoms with Gasteiger partial charge in [-0.1, -0.05) is 19.3 Å². The van der Waals surface area contributed by atoms with E-state index in [4.69, 9.17) is 4.98 Å². The molecule has 1 spiro atoms. The number of nitrogens with one attached hydrogen (secondary N) is 1. The van der Waals surface area contributed by atoms with Crippen LogP contribution >= 0.6 is 11.3 Å². The summed E-state index contributed by atoms with van der Waals surface area (Å²) in [6, 6.07) is 0.356. The molecule has 1 aliphatic carbocycles. The number of thiazole rings is 1. The molecular formula is C16H27N3S. The number of anilines is 1. The molecule has 2 aliphatic rings. The molecule has 0 amide bonds. The van der Waals surface area contributed by atoms with Crippen molar-refractivity contribution in [2.75, 3.05) is 25.0 Å². The largest absolute Gasteiger partial charge is 0.348 e. The van der Waals surface area contributed by atoms with Crippen LogP contribution in [0.5, 0.6) is 0 Å². The van der Waals surface area contributed by atoms with Gasteiger partial charge < -0.3 is 10.2 Å². The molecule has 3 nitrogen and oxygen atoms in total. The van der Waals surface area contributed by atoms with E-state index in [1.165, 1.54) is 68.9 Å². The van der Waals surface area contributed by atoms with Gasteiger partial charge in [0.15, 0.2) is 5.13 Å². The maximum atomic E-state index is 4.82. The molecule has 2 heterocycles. The Morgan fingerprint density at radius 3 is 2.55 bits per heavy atom. The minimum atomic E-state index is 0.356. The molecule has 4 heteroatoms. The zero-order valence-corrected chi connectivity index (χ0v) is 13.6. The van der Waals surface area contributed by atoms with Crippen LogP contribution in [0.2, 0.25) is 0 Å². The fraction of sp³-hybridized carbons (Fsp3) is 0.812. The summed E-state index contributed by atoms with van der Waals surface area (Å²) in [5, 5.41) is 6.71. The maximum Gasteiger partial charge on any atom is 0.185 e. The molecule has 2 fully saturated rings. The van der Waals surface area contributed by atoms with E-state index in [0.717, 1.165) is 0 Å². The summed E-state index contributed by atoms with van der Waals surface area (Å²) >= 11 is 1.81. The van der Waals surface area contributed by atoms with E-state index in [1.807, 2.05) is 18.4 Å². The van der Waals surface area contributed by atoms with Gasteiger partial charge in [0.25, 0.3) is 0 Å². The van der Waals surface area contributed by atoms with Gasteiger partial charge in [0.2, 0.25) is 0 Å². The SMILES string of the molecule is CNC(C)c1csc(N2CCC3(CCCCC3)CC2)n1. The van der Waals surface area contributed by atoms with Crippen LogP contribution in [0.3, 0.4) is 0 Å². The molecule has 1 aliphatic heterocycles. The minimum absolute atomic E-state index is 0.356. The van der Waals surface area contributed by atoms with Crippen molar-refractivity contribution in [2.45, 2.75) is 57.9 Å². The molecule has 1 unspecified atom stereocenters. The van der Waals surface area contributed by atoms with E-state index in [-0.39, 0.29) is 0 Å². The number of piperidine rings is 1. The quantitative estimate of drug-likeness (QED) is 0.914. The fourth-order valence-corrected chi connectivity index (χ4v) is 4.72. The normalized spacial score (nSPS) is 24.0. The molecule has 1 saturated carbocycles. The summed E-state index contributed by atoms with van der Waals surface area (Å²) in [4.78, 5) is 7.33. The summed E-state index contributed by atoms with van der Waals surface area (Å²) < 4.78 is 0. The second-order valence-corrected chi connectivity index (χ2v) is 7.45. The molecule has 0 aromatic carbocycles. The molecule has 1 atom stereocenters. The van der Waals surface area contributed by atoms with Crippen molar-refractivity contribution >= 4 is 16.5 Å². The van der Waals surface area contributed by atoms with E-state index in [1.54, 1.807) is 0 Å². The molecular weight excluding hydrogens is 266 g/mol. The van der Waals surface area contributed by atoms with Crippen molar-refractivity contribution in [1.82, 2.24) is 10.3 Å². The standard InChI is InChI=1S/C16H27N3S/c1-13(17-2)14-12-20-15(18-14)19-10-8-16(9-11-19)6-4-3-5-7-16/h12-13,17H,3-11H2,1-2H3. The highest BCUT2D eigenvalue weighted by atomic mass is 32.1. The molecule has 3 rings (SSSR count). The van der Waals surface area contributed by atoms with Crippen LogP contribution in [0, 0.1) is 5.41 Å². The summed E-state index contributed by atoms with van der Waals surface area (Å²) in [5.41, 5.74) is 1.87. The Balaban J connectivity index is 1.61. The maximum absolute atomic E-state index is 4.82. The highest BCUT2D eigenvalue weighted by Gasteiger charge is 2.36. The summed E-state index contributed by atoms with van der Waals surface area (Å²) in [6.45, 7) is 4.59. The average Bonchev–Trinajstić information content (AvgIpc) is 2.98. The van der Waals surface area contributed by atoms with Crippen molar-refractivity contribution in [3.63, 3.8) is 0 Å². The van der Waals surface area contributed by atoms with Gasteiger partial charge >= 0.3 is 0 Å². The lowest BCUT2D eigenvalue weighted by Gasteiger charge is -2.44. The van der Waals surface area contributed by atoms with Crippen molar-refractivity contribution in [1.29, 1.82) is 0 Å². The first-order valence-corrected chi connectivity index (χ1v) is 8.98. The van der Waals surface area contributed by atoms with Gasteiger partial charge in [-0.3, -0.25) is 0 Å². The predicted molar refractivity (Wildman–Crippen MR) is 86.6 cm³/mol. The minimum Gasteiger partial charge on any atom is -0.348 e. The number of rotatable bonds is 3. The second kappa shape index (κ2) is 6.02. The van der Waals surface area contributed by atoms with Crippen LogP contribution in [0.25, 0.3) is 0 Å². The van der Waals surface area contributed by atoms with Crippen molar-refractivity contribution < 1.29 is 0 Å². The van der Waals surface area contributed by atoms with E-state index in [0.29, 0.717) is 11.5 Å². The zero-order valence-electron chi connectivity index (χ0n) is 12.8. The van der Waals surface area contributed by atoms with Crippen LogP contribution in [-0.4, -0.2) is 25.1 Å². The Bertz CT molecular complexity index is 427. The first-order valence-electron chi connectivity index (χ1n) is 8.10. The summed E-state index contributed by atoms with van der Waals surface area (Å²) in [7, 11) is 2.00. The van der Waals surface area contributed by atoms with Gasteiger partial charge in [0.1, 0.15) is 0 Å². The number of hydrogen-bond acceptors (Lipinski definition) is 4. The highest BCUT2D eigenvalue weighted by molar-refractivity contribution is 7.13. The average molecular weight is 293 g/mol. The lowest BCUT2D eigenvalue weighted by molar-refractivity contribution is 0.144.